The van der Waals surface area contributed by atoms with Crippen LogP contribution in [-0.4, -0.2) is 35.6 Å². The van der Waals surface area contributed by atoms with Gasteiger partial charge < -0.3 is 15.3 Å². The van der Waals surface area contributed by atoms with E-state index in [0.29, 0.717) is 18.7 Å². The van der Waals surface area contributed by atoms with E-state index in [2.05, 4.69) is 5.32 Å². The van der Waals surface area contributed by atoms with Gasteiger partial charge in [0, 0.05) is 25.7 Å². The average Bonchev–Trinajstić information content (AvgIpc) is 2.46. The molecule has 7 heteroatoms. The lowest BCUT2D eigenvalue weighted by Crippen LogP contribution is -2.32. The van der Waals surface area contributed by atoms with Gasteiger partial charge >= 0.3 is 12.0 Å². The van der Waals surface area contributed by atoms with E-state index in [0.717, 1.165) is 0 Å². The first-order chi connectivity index (χ1) is 9.97. The molecule has 0 aliphatic heterocycles. The van der Waals surface area contributed by atoms with Crippen LogP contribution >= 0.6 is 0 Å². The molecular formula is C14H14N4O3. The standard InChI is InChI=1S/C14H14N4O3/c1-18(6-2-3-13(19)20)14(21)17-12-5-4-10(8-15)11(7-12)9-16/h4-5,7H,2-3,6H2,1H3,(H,17,21)(H,19,20). The molecule has 0 heterocycles. The maximum atomic E-state index is 11.9. The second kappa shape index (κ2) is 7.51. The molecule has 1 aromatic carbocycles. The minimum absolute atomic E-state index is 0.00688. The quantitative estimate of drug-likeness (QED) is 0.855. The predicted molar refractivity (Wildman–Crippen MR) is 74.4 cm³/mol. The molecule has 0 radical (unpaired) electrons. The van der Waals surface area contributed by atoms with E-state index in [9.17, 15) is 9.59 Å². The van der Waals surface area contributed by atoms with Gasteiger partial charge in [-0.05, 0) is 24.6 Å². The van der Waals surface area contributed by atoms with E-state index < -0.39 is 12.0 Å². The van der Waals surface area contributed by atoms with Crippen molar-refractivity contribution in [3.8, 4) is 12.1 Å². The lowest BCUT2D eigenvalue weighted by molar-refractivity contribution is -0.137. The number of carbonyl (C=O) groups excluding carboxylic acids is 1. The number of nitrogens with one attached hydrogen (secondary N) is 1. The van der Waals surface area contributed by atoms with Crippen molar-refractivity contribution in [2.75, 3.05) is 18.9 Å². The number of carboxylic acid groups (broad SMARTS) is 1. The average molecular weight is 286 g/mol. The second-order valence-corrected chi connectivity index (χ2v) is 4.33. The lowest BCUT2D eigenvalue weighted by Gasteiger charge is -2.17. The van der Waals surface area contributed by atoms with Crippen LogP contribution in [0, 0.1) is 22.7 Å². The summed E-state index contributed by atoms with van der Waals surface area (Å²) in [5, 5.41) is 28.8. The number of amides is 2. The summed E-state index contributed by atoms with van der Waals surface area (Å²) in [4.78, 5) is 23.6. The van der Waals surface area contributed by atoms with Crippen LogP contribution in [0.4, 0.5) is 10.5 Å². The van der Waals surface area contributed by atoms with Crippen LogP contribution < -0.4 is 5.32 Å². The van der Waals surface area contributed by atoms with Crippen molar-refractivity contribution >= 4 is 17.7 Å². The number of urea groups is 1. The number of rotatable bonds is 5. The lowest BCUT2D eigenvalue weighted by atomic mass is 10.1. The minimum Gasteiger partial charge on any atom is -0.481 e. The maximum absolute atomic E-state index is 11.9. The number of anilines is 1. The van der Waals surface area contributed by atoms with E-state index in [1.807, 2.05) is 12.1 Å². The zero-order chi connectivity index (χ0) is 15.8. The minimum atomic E-state index is -0.908. The molecule has 7 nitrogen and oxygen atoms in total. The highest BCUT2D eigenvalue weighted by atomic mass is 16.4. The summed E-state index contributed by atoms with van der Waals surface area (Å²) in [7, 11) is 1.55. The van der Waals surface area contributed by atoms with Crippen molar-refractivity contribution in [1.29, 1.82) is 10.5 Å². The number of nitrogens with zero attached hydrogens (tertiary/aromatic N) is 3. The van der Waals surface area contributed by atoms with Gasteiger partial charge in [-0.15, -0.1) is 0 Å². The second-order valence-electron chi connectivity index (χ2n) is 4.33. The van der Waals surface area contributed by atoms with E-state index in [1.54, 1.807) is 7.05 Å². The Morgan fingerprint density at radius 1 is 1.29 bits per heavy atom. The fourth-order valence-corrected chi connectivity index (χ4v) is 1.60. The van der Waals surface area contributed by atoms with Crippen molar-refractivity contribution in [2.45, 2.75) is 12.8 Å². The molecule has 0 saturated heterocycles. The Balaban J connectivity index is 2.65. The summed E-state index contributed by atoms with van der Waals surface area (Å²) < 4.78 is 0. The van der Waals surface area contributed by atoms with Crippen LogP contribution in [0.15, 0.2) is 18.2 Å². The Kier molecular flexibility index (Phi) is 5.72. The largest absolute Gasteiger partial charge is 0.481 e. The number of hydrogen-bond donors (Lipinski definition) is 2. The molecule has 1 aromatic rings. The summed E-state index contributed by atoms with van der Waals surface area (Å²) in [6.07, 6.45) is 0.350. The van der Waals surface area contributed by atoms with Crippen LogP contribution in [0.2, 0.25) is 0 Å². The number of hydrogen-bond acceptors (Lipinski definition) is 4. The Morgan fingerprint density at radius 2 is 1.95 bits per heavy atom. The molecule has 0 unspecified atom stereocenters. The Bertz CT molecular complexity index is 628. The van der Waals surface area contributed by atoms with Crippen molar-refractivity contribution in [2.24, 2.45) is 0 Å². The van der Waals surface area contributed by atoms with E-state index >= 15 is 0 Å². The summed E-state index contributed by atoms with van der Waals surface area (Å²) in [5.41, 5.74) is 0.828. The molecule has 108 valence electrons. The van der Waals surface area contributed by atoms with E-state index in [4.69, 9.17) is 15.6 Å². The highest BCUT2D eigenvalue weighted by Gasteiger charge is 2.10. The Morgan fingerprint density at radius 3 is 2.52 bits per heavy atom. The van der Waals surface area contributed by atoms with Crippen LogP contribution in [0.3, 0.4) is 0 Å². The monoisotopic (exact) mass is 286 g/mol. The summed E-state index contributed by atoms with van der Waals surface area (Å²) >= 11 is 0. The Labute approximate surface area is 122 Å². The molecule has 0 aliphatic carbocycles. The van der Waals surface area contributed by atoms with Crippen molar-refractivity contribution in [1.82, 2.24) is 4.90 Å². The number of carboxylic acids is 1. The number of benzene rings is 1. The van der Waals surface area contributed by atoms with E-state index in [1.165, 1.54) is 23.1 Å². The van der Waals surface area contributed by atoms with Crippen LogP contribution in [0.25, 0.3) is 0 Å². The van der Waals surface area contributed by atoms with Gasteiger partial charge in [0.25, 0.3) is 0 Å². The third-order valence-corrected chi connectivity index (χ3v) is 2.74. The van der Waals surface area contributed by atoms with Crippen molar-refractivity contribution < 1.29 is 14.7 Å². The van der Waals surface area contributed by atoms with Crippen molar-refractivity contribution in [3.63, 3.8) is 0 Å². The van der Waals surface area contributed by atoms with Crippen LogP contribution in [-0.2, 0) is 4.79 Å². The van der Waals surface area contributed by atoms with E-state index in [-0.39, 0.29) is 17.5 Å². The molecule has 0 bridgehead atoms. The molecule has 2 N–H and O–H groups in total. The Hall–Kier alpha value is -3.06. The van der Waals surface area contributed by atoms with Crippen LogP contribution in [0.1, 0.15) is 24.0 Å². The molecule has 0 atom stereocenters. The highest BCUT2D eigenvalue weighted by molar-refractivity contribution is 5.89. The fourth-order valence-electron chi connectivity index (χ4n) is 1.60. The molecule has 2 amide bonds. The molecular weight excluding hydrogens is 272 g/mol. The molecule has 0 aromatic heterocycles. The molecule has 21 heavy (non-hydrogen) atoms. The first-order valence-corrected chi connectivity index (χ1v) is 6.16. The van der Waals surface area contributed by atoms with Gasteiger partial charge in [0.15, 0.2) is 0 Å². The number of carbonyl (C=O) groups is 2. The topological polar surface area (TPSA) is 117 Å². The maximum Gasteiger partial charge on any atom is 0.321 e. The SMILES string of the molecule is CN(CCCC(=O)O)C(=O)Nc1ccc(C#N)c(C#N)c1. The zero-order valence-electron chi connectivity index (χ0n) is 11.5. The summed E-state index contributed by atoms with van der Waals surface area (Å²) in [6.45, 7) is 0.305. The van der Waals surface area contributed by atoms with Gasteiger partial charge in [0.2, 0.25) is 0 Å². The fraction of sp³-hybridized carbons (Fsp3) is 0.286. The third kappa shape index (κ3) is 4.84. The van der Waals surface area contributed by atoms with Gasteiger partial charge in [0.1, 0.15) is 12.1 Å². The zero-order valence-corrected chi connectivity index (χ0v) is 11.5. The van der Waals surface area contributed by atoms with Crippen LogP contribution in [0.5, 0.6) is 0 Å². The first kappa shape index (κ1) is 16.0. The molecule has 0 spiro atoms. The van der Waals surface area contributed by atoms with Gasteiger partial charge in [-0.2, -0.15) is 10.5 Å². The first-order valence-electron chi connectivity index (χ1n) is 6.16. The summed E-state index contributed by atoms with van der Waals surface area (Å²) in [5.74, 6) is -0.908. The van der Waals surface area contributed by atoms with Gasteiger partial charge in [0.05, 0.1) is 11.1 Å². The molecule has 0 saturated carbocycles. The number of aliphatic carboxylic acids is 1. The van der Waals surface area contributed by atoms with Crippen molar-refractivity contribution in [3.05, 3.63) is 29.3 Å². The molecule has 0 fully saturated rings. The smallest absolute Gasteiger partial charge is 0.321 e. The number of nitriles is 2. The normalized spacial score (nSPS) is 9.29. The van der Waals surface area contributed by atoms with Gasteiger partial charge in [-0.1, -0.05) is 0 Å². The van der Waals surface area contributed by atoms with Gasteiger partial charge in [-0.25, -0.2) is 4.79 Å². The molecule has 0 aliphatic rings. The summed E-state index contributed by atoms with van der Waals surface area (Å²) in [6, 6.07) is 7.77. The predicted octanol–water partition coefficient (Wildman–Crippen LogP) is 1.76. The van der Waals surface area contributed by atoms with Gasteiger partial charge in [-0.3, -0.25) is 4.79 Å². The molecule has 1 rings (SSSR count). The third-order valence-electron chi connectivity index (χ3n) is 2.74. The highest BCUT2D eigenvalue weighted by Crippen LogP contribution is 2.15.